The van der Waals surface area contributed by atoms with Crippen LogP contribution in [0.5, 0.6) is 11.6 Å². The standard InChI is InChI=1S/C18H25N5O4/c1-4-23-14(5-6-21-23)27-13-7-11(10-20-16(13)22-17(25)19-3)15(24)12-8-18(2,26)9-12/h5-7,10,12,15,24,26H,4,8-9H2,1-3H3,(H2,19,20,22,25)/t12?,15-,18?/m1/s1. The largest absolute Gasteiger partial charge is 0.435 e. The summed E-state index contributed by atoms with van der Waals surface area (Å²) in [6, 6.07) is 2.93. The van der Waals surface area contributed by atoms with Crippen LogP contribution < -0.4 is 15.4 Å². The van der Waals surface area contributed by atoms with Crippen molar-refractivity contribution >= 4 is 11.8 Å². The lowest BCUT2D eigenvalue weighted by atomic mass is 9.68. The highest BCUT2D eigenvalue weighted by Crippen LogP contribution is 2.45. The Labute approximate surface area is 157 Å². The first kappa shape index (κ1) is 19.1. The van der Waals surface area contributed by atoms with Crippen LogP contribution in [0.2, 0.25) is 0 Å². The number of hydrogen-bond donors (Lipinski definition) is 4. The Bertz CT molecular complexity index is 812. The number of aryl methyl sites for hydroxylation is 1. The van der Waals surface area contributed by atoms with E-state index < -0.39 is 17.7 Å². The van der Waals surface area contributed by atoms with Crippen LogP contribution in [0.3, 0.4) is 0 Å². The van der Waals surface area contributed by atoms with Gasteiger partial charge in [-0.25, -0.2) is 14.5 Å². The number of aliphatic hydroxyl groups is 2. The summed E-state index contributed by atoms with van der Waals surface area (Å²) in [7, 11) is 1.50. The second-order valence-corrected chi connectivity index (χ2v) is 7.02. The van der Waals surface area contributed by atoms with Crippen molar-refractivity contribution in [2.24, 2.45) is 5.92 Å². The average molecular weight is 375 g/mol. The monoisotopic (exact) mass is 375 g/mol. The maximum Gasteiger partial charge on any atom is 0.320 e. The Morgan fingerprint density at radius 3 is 2.89 bits per heavy atom. The Morgan fingerprint density at radius 2 is 2.26 bits per heavy atom. The highest BCUT2D eigenvalue weighted by Gasteiger charge is 2.42. The molecule has 9 heteroatoms. The molecule has 2 aromatic rings. The van der Waals surface area contributed by atoms with E-state index in [1.807, 2.05) is 6.92 Å². The van der Waals surface area contributed by atoms with Crippen LogP contribution in [0.4, 0.5) is 10.6 Å². The second-order valence-electron chi connectivity index (χ2n) is 7.02. The summed E-state index contributed by atoms with van der Waals surface area (Å²) in [5.41, 5.74) is -0.164. The van der Waals surface area contributed by atoms with Crippen molar-refractivity contribution in [3.8, 4) is 11.6 Å². The third kappa shape index (κ3) is 4.20. The van der Waals surface area contributed by atoms with E-state index in [1.54, 1.807) is 29.9 Å². The molecule has 0 bridgehead atoms. The van der Waals surface area contributed by atoms with Gasteiger partial charge in [0.2, 0.25) is 5.88 Å². The number of ether oxygens (including phenoxy) is 1. The summed E-state index contributed by atoms with van der Waals surface area (Å²) in [6.07, 6.45) is 3.39. The molecule has 1 atom stereocenters. The van der Waals surface area contributed by atoms with Gasteiger partial charge in [-0.05, 0) is 38.7 Å². The molecule has 3 rings (SSSR count). The van der Waals surface area contributed by atoms with Crippen LogP contribution in [-0.2, 0) is 6.54 Å². The van der Waals surface area contributed by atoms with Gasteiger partial charge in [0, 0.05) is 31.4 Å². The Kier molecular flexibility index (Phi) is 5.33. The minimum atomic E-state index is -0.773. The van der Waals surface area contributed by atoms with E-state index in [9.17, 15) is 15.0 Å². The molecule has 0 spiro atoms. The summed E-state index contributed by atoms with van der Waals surface area (Å²) < 4.78 is 7.58. The normalized spacial score (nSPS) is 22.6. The summed E-state index contributed by atoms with van der Waals surface area (Å²) in [5, 5.41) is 29.8. The van der Waals surface area contributed by atoms with Crippen LogP contribution in [0.25, 0.3) is 0 Å². The van der Waals surface area contributed by atoms with Crippen molar-refractivity contribution in [1.29, 1.82) is 0 Å². The summed E-state index contributed by atoms with van der Waals surface area (Å²) in [5.74, 6) is 0.984. The number of nitrogens with one attached hydrogen (secondary N) is 2. The van der Waals surface area contributed by atoms with Crippen molar-refractivity contribution in [1.82, 2.24) is 20.1 Å². The fraction of sp³-hybridized carbons (Fsp3) is 0.500. The summed E-state index contributed by atoms with van der Waals surface area (Å²) >= 11 is 0. The molecule has 0 unspecified atom stereocenters. The molecule has 0 aliphatic heterocycles. The fourth-order valence-corrected chi connectivity index (χ4v) is 3.29. The number of carbonyl (C=O) groups is 1. The van der Waals surface area contributed by atoms with Gasteiger partial charge < -0.3 is 20.3 Å². The number of nitrogens with zero attached hydrogens (tertiary/aromatic N) is 3. The first-order valence-electron chi connectivity index (χ1n) is 8.91. The zero-order valence-electron chi connectivity index (χ0n) is 15.6. The van der Waals surface area contributed by atoms with Crippen molar-refractivity contribution in [2.75, 3.05) is 12.4 Å². The van der Waals surface area contributed by atoms with E-state index in [0.717, 1.165) is 0 Å². The molecule has 2 aromatic heterocycles. The third-order valence-corrected chi connectivity index (χ3v) is 4.72. The summed E-state index contributed by atoms with van der Waals surface area (Å²) in [4.78, 5) is 16.0. The Morgan fingerprint density at radius 1 is 1.52 bits per heavy atom. The number of urea groups is 1. The summed E-state index contributed by atoms with van der Waals surface area (Å²) in [6.45, 7) is 4.31. The molecule has 1 aliphatic rings. The molecule has 1 saturated carbocycles. The molecule has 9 nitrogen and oxygen atoms in total. The van der Waals surface area contributed by atoms with E-state index in [-0.39, 0.29) is 11.7 Å². The molecule has 27 heavy (non-hydrogen) atoms. The topological polar surface area (TPSA) is 122 Å². The van der Waals surface area contributed by atoms with Gasteiger partial charge in [-0.3, -0.25) is 5.32 Å². The molecule has 0 saturated heterocycles. The molecule has 146 valence electrons. The third-order valence-electron chi connectivity index (χ3n) is 4.72. The van der Waals surface area contributed by atoms with Crippen molar-refractivity contribution < 1.29 is 19.7 Å². The van der Waals surface area contributed by atoms with Crippen molar-refractivity contribution in [3.63, 3.8) is 0 Å². The maximum atomic E-state index is 11.7. The second kappa shape index (κ2) is 7.53. The predicted molar refractivity (Wildman–Crippen MR) is 98.6 cm³/mol. The zero-order chi connectivity index (χ0) is 19.6. The lowest BCUT2D eigenvalue weighted by molar-refractivity contribution is -0.0992. The Hall–Kier alpha value is -2.65. The van der Waals surface area contributed by atoms with Crippen molar-refractivity contribution in [2.45, 2.75) is 44.9 Å². The quantitative estimate of drug-likeness (QED) is 0.613. The predicted octanol–water partition coefficient (Wildman–Crippen LogP) is 2.04. The van der Waals surface area contributed by atoms with Gasteiger partial charge in [0.1, 0.15) is 0 Å². The average Bonchev–Trinajstić information content (AvgIpc) is 3.07. The van der Waals surface area contributed by atoms with Gasteiger partial charge in [-0.2, -0.15) is 5.10 Å². The van der Waals surface area contributed by atoms with Crippen LogP contribution in [-0.4, -0.2) is 43.7 Å². The highest BCUT2D eigenvalue weighted by molar-refractivity contribution is 5.89. The van der Waals surface area contributed by atoms with Crippen molar-refractivity contribution in [3.05, 3.63) is 30.1 Å². The number of rotatable bonds is 6. The molecule has 2 amide bonds. The maximum absolute atomic E-state index is 11.7. The molecule has 1 fully saturated rings. The van der Waals surface area contributed by atoms with Gasteiger partial charge >= 0.3 is 6.03 Å². The van der Waals surface area contributed by atoms with Crippen LogP contribution in [0.15, 0.2) is 24.5 Å². The number of anilines is 1. The SMILES string of the molecule is CCn1nccc1Oc1cc([C@@H](O)C2CC(C)(O)C2)cnc1NC(=O)NC. The number of aliphatic hydroxyl groups excluding tert-OH is 1. The highest BCUT2D eigenvalue weighted by atomic mass is 16.5. The van der Waals surface area contributed by atoms with Gasteiger partial charge in [-0.1, -0.05) is 0 Å². The lowest BCUT2D eigenvalue weighted by Crippen LogP contribution is -2.43. The molecule has 1 aliphatic carbocycles. The first-order chi connectivity index (χ1) is 12.8. The zero-order valence-corrected chi connectivity index (χ0v) is 15.6. The van der Waals surface area contributed by atoms with Crippen LogP contribution >= 0.6 is 0 Å². The fourth-order valence-electron chi connectivity index (χ4n) is 3.29. The lowest BCUT2D eigenvalue weighted by Gasteiger charge is -2.43. The van der Waals surface area contributed by atoms with Crippen LogP contribution in [0.1, 0.15) is 38.4 Å². The molecular formula is C18H25N5O4. The van der Waals surface area contributed by atoms with E-state index in [2.05, 4.69) is 20.7 Å². The molecule has 0 radical (unpaired) electrons. The number of aromatic nitrogens is 3. The molecule has 2 heterocycles. The smallest absolute Gasteiger partial charge is 0.320 e. The van der Waals surface area contributed by atoms with E-state index in [1.165, 1.54) is 13.2 Å². The number of pyridine rings is 1. The molecular weight excluding hydrogens is 350 g/mol. The van der Waals surface area contributed by atoms with Gasteiger partial charge in [0.05, 0.1) is 17.9 Å². The van der Waals surface area contributed by atoms with E-state index in [4.69, 9.17) is 4.74 Å². The molecule has 0 aromatic carbocycles. The molecule has 4 N–H and O–H groups in total. The first-order valence-corrected chi connectivity index (χ1v) is 8.91. The number of carbonyl (C=O) groups excluding carboxylic acids is 1. The van der Waals surface area contributed by atoms with Gasteiger partial charge in [0.25, 0.3) is 0 Å². The van der Waals surface area contributed by atoms with Gasteiger partial charge in [-0.15, -0.1) is 0 Å². The number of hydrogen-bond acceptors (Lipinski definition) is 6. The minimum absolute atomic E-state index is 0.0476. The Balaban J connectivity index is 1.88. The van der Waals surface area contributed by atoms with Crippen LogP contribution in [0, 0.1) is 5.92 Å². The van der Waals surface area contributed by atoms with E-state index in [0.29, 0.717) is 36.6 Å². The van der Waals surface area contributed by atoms with E-state index >= 15 is 0 Å². The number of amides is 2. The van der Waals surface area contributed by atoms with Gasteiger partial charge in [0.15, 0.2) is 11.6 Å². The minimum Gasteiger partial charge on any atom is -0.435 e.